The number of ether oxygens (including phenoxy) is 1. The summed E-state index contributed by atoms with van der Waals surface area (Å²) in [7, 11) is 0. The van der Waals surface area contributed by atoms with Crippen molar-refractivity contribution in [3.05, 3.63) is 70.8 Å². The summed E-state index contributed by atoms with van der Waals surface area (Å²) in [5, 5.41) is 0. The van der Waals surface area contributed by atoms with Gasteiger partial charge >= 0.3 is 6.11 Å². The fourth-order valence-electron chi connectivity index (χ4n) is 5.77. The highest BCUT2D eigenvalue weighted by molar-refractivity contribution is 5.28. The van der Waals surface area contributed by atoms with E-state index in [9.17, 15) is 13.2 Å². The Morgan fingerprint density at radius 2 is 1.29 bits per heavy atom. The number of benzene rings is 2. The molecule has 4 heteroatoms. The van der Waals surface area contributed by atoms with Crippen LogP contribution in [0.1, 0.15) is 112 Å². The molecular formula is C30H39F3O. The van der Waals surface area contributed by atoms with Gasteiger partial charge in [-0.05, 0) is 84.5 Å². The van der Waals surface area contributed by atoms with Crippen molar-refractivity contribution in [2.75, 3.05) is 0 Å². The molecule has 0 bridgehead atoms. The minimum absolute atomic E-state index is 0.0298. The van der Waals surface area contributed by atoms with Gasteiger partial charge < -0.3 is 4.74 Å². The van der Waals surface area contributed by atoms with E-state index in [-0.39, 0.29) is 12.2 Å². The predicted molar refractivity (Wildman–Crippen MR) is 132 cm³/mol. The Morgan fingerprint density at radius 3 is 1.82 bits per heavy atom. The first kappa shape index (κ1) is 25.3. The molecule has 2 aromatic rings. The number of hydrogen-bond donors (Lipinski definition) is 0. The van der Waals surface area contributed by atoms with Gasteiger partial charge in [-0.1, -0.05) is 81.6 Å². The van der Waals surface area contributed by atoms with Crippen LogP contribution >= 0.6 is 0 Å². The highest BCUT2D eigenvalue weighted by Crippen LogP contribution is 2.40. The largest absolute Gasteiger partial charge is 0.391 e. The number of halogens is 3. The number of rotatable bonds is 8. The van der Waals surface area contributed by atoms with E-state index in [2.05, 4.69) is 13.8 Å². The van der Waals surface area contributed by atoms with Crippen molar-refractivity contribution in [2.24, 2.45) is 11.8 Å². The smallest absolute Gasteiger partial charge is 0.313 e. The lowest BCUT2D eigenvalue weighted by Gasteiger charge is -2.28. The van der Waals surface area contributed by atoms with Crippen LogP contribution in [-0.4, -0.2) is 6.11 Å². The van der Waals surface area contributed by atoms with E-state index in [1.54, 1.807) is 0 Å². The molecule has 0 saturated heterocycles. The van der Waals surface area contributed by atoms with Gasteiger partial charge in [0.2, 0.25) is 6.17 Å². The van der Waals surface area contributed by atoms with E-state index in [0.29, 0.717) is 17.4 Å². The Bertz CT molecular complexity index is 876. The van der Waals surface area contributed by atoms with E-state index in [4.69, 9.17) is 4.74 Å². The minimum atomic E-state index is -3.88. The number of alkyl halides is 3. The van der Waals surface area contributed by atoms with Gasteiger partial charge in [0.25, 0.3) is 0 Å². The van der Waals surface area contributed by atoms with Crippen LogP contribution in [0.25, 0.3) is 0 Å². The molecule has 4 rings (SSSR count). The fraction of sp³-hybridized carbons (Fsp3) is 0.600. The Hall–Kier alpha value is -1.81. The van der Waals surface area contributed by atoms with Crippen molar-refractivity contribution in [3.63, 3.8) is 0 Å². The van der Waals surface area contributed by atoms with Crippen LogP contribution in [0, 0.1) is 11.8 Å². The van der Waals surface area contributed by atoms with E-state index < -0.39 is 12.3 Å². The van der Waals surface area contributed by atoms with Gasteiger partial charge in [0.15, 0.2) is 0 Å². The van der Waals surface area contributed by atoms with Crippen molar-refractivity contribution >= 4 is 0 Å². The molecule has 2 aliphatic rings. The summed E-state index contributed by atoms with van der Waals surface area (Å²) in [4.78, 5) is 0. The van der Waals surface area contributed by atoms with Crippen molar-refractivity contribution < 1.29 is 17.9 Å². The average molecular weight is 473 g/mol. The minimum Gasteiger partial charge on any atom is -0.313 e. The van der Waals surface area contributed by atoms with Crippen molar-refractivity contribution in [1.82, 2.24) is 0 Å². The fourth-order valence-corrected chi connectivity index (χ4v) is 5.77. The van der Waals surface area contributed by atoms with Crippen molar-refractivity contribution in [3.8, 4) is 0 Å². The van der Waals surface area contributed by atoms with Gasteiger partial charge in [-0.2, -0.15) is 8.78 Å². The average Bonchev–Trinajstić information content (AvgIpc) is 2.88. The van der Waals surface area contributed by atoms with Crippen LogP contribution in [0.5, 0.6) is 0 Å². The lowest BCUT2D eigenvalue weighted by atomic mass is 9.78. The van der Waals surface area contributed by atoms with Crippen molar-refractivity contribution in [1.29, 1.82) is 0 Å². The Kier molecular flexibility index (Phi) is 8.39. The standard InChI is InChI=1S/C30H39F3O/c1-3-22-6-12-25(13-7-22)27-16-18-28(19-17-27)29(31)30(32,33)34-20-23-8-14-26(15-9-23)24-10-4-21(2)5-11-24/h8-9,14-19,21-22,24-25,29H,3-7,10-13,20H2,1-2H3. The third kappa shape index (κ3) is 6.24. The van der Waals surface area contributed by atoms with Crippen molar-refractivity contribution in [2.45, 2.75) is 102 Å². The quantitative estimate of drug-likeness (QED) is 0.372. The molecule has 0 N–H and O–H groups in total. The molecule has 1 unspecified atom stereocenters. The Morgan fingerprint density at radius 1 is 0.794 bits per heavy atom. The topological polar surface area (TPSA) is 9.23 Å². The summed E-state index contributed by atoms with van der Waals surface area (Å²) in [6.07, 6.45) is 4.34. The zero-order valence-electron chi connectivity index (χ0n) is 20.6. The molecule has 0 aromatic heterocycles. The van der Waals surface area contributed by atoms with Crippen LogP contribution in [0.4, 0.5) is 13.2 Å². The second kappa shape index (κ2) is 11.3. The van der Waals surface area contributed by atoms with E-state index >= 15 is 0 Å². The van der Waals surface area contributed by atoms with Crippen LogP contribution in [0.15, 0.2) is 48.5 Å². The molecule has 0 radical (unpaired) electrons. The molecule has 2 fully saturated rings. The maximum atomic E-state index is 14.8. The molecular weight excluding hydrogens is 433 g/mol. The summed E-state index contributed by atoms with van der Waals surface area (Å²) in [6.45, 7) is 4.21. The van der Waals surface area contributed by atoms with Gasteiger partial charge in [-0.15, -0.1) is 0 Å². The molecule has 0 aliphatic heterocycles. The van der Waals surface area contributed by atoms with Gasteiger partial charge in [0.05, 0.1) is 6.61 Å². The van der Waals surface area contributed by atoms with E-state index in [1.807, 2.05) is 36.4 Å². The van der Waals surface area contributed by atoms with Gasteiger partial charge in [-0.3, -0.25) is 0 Å². The first-order valence-corrected chi connectivity index (χ1v) is 13.2. The monoisotopic (exact) mass is 472 g/mol. The Balaban J connectivity index is 1.30. The van der Waals surface area contributed by atoms with Crippen LogP contribution in [0.2, 0.25) is 0 Å². The van der Waals surface area contributed by atoms with E-state index in [0.717, 1.165) is 30.2 Å². The summed E-state index contributed by atoms with van der Waals surface area (Å²) in [5.74, 6) is 2.59. The summed E-state index contributed by atoms with van der Waals surface area (Å²) >= 11 is 0. The second-order valence-electron chi connectivity index (χ2n) is 10.7. The molecule has 0 amide bonds. The third-order valence-electron chi connectivity index (χ3n) is 8.32. The highest BCUT2D eigenvalue weighted by atomic mass is 19.3. The lowest BCUT2D eigenvalue weighted by molar-refractivity contribution is -0.282. The molecule has 0 spiro atoms. The maximum absolute atomic E-state index is 14.8. The summed E-state index contributed by atoms with van der Waals surface area (Å²) < 4.78 is 48.6. The SMILES string of the molecule is CCC1CCC(c2ccc(C(F)C(F)(F)OCc3ccc(C4CCC(C)CC4)cc3)cc2)CC1. The van der Waals surface area contributed by atoms with Crippen LogP contribution in [-0.2, 0) is 11.3 Å². The van der Waals surface area contributed by atoms with Gasteiger partial charge in [-0.25, -0.2) is 4.39 Å². The Labute approximate surface area is 203 Å². The molecule has 34 heavy (non-hydrogen) atoms. The maximum Gasteiger partial charge on any atom is 0.391 e. The number of hydrogen-bond acceptors (Lipinski definition) is 1. The zero-order chi connectivity index (χ0) is 24.1. The normalized spacial score (nSPS) is 26.9. The molecule has 1 atom stereocenters. The molecule has 2 aromatic carbocycles. The highest BCUT2D eigenvalue weighted by Gasteiger charge is 2.42. The second-order valence-corrected chi connectivity index (χ2v) is 10.7. The van der Waals surface area contributed by atoms with Gasteiger partial charge in [0, 0.05) is 0 Å². The van der Waals surface area contributed by atoms with Crippen LogP contribution < -0.4 is 0 Å². The van der Waals surface area contributed by atoms with Gasteiger partial charge in [0.1, 0.15) is 0 Å². The lowest BCUT2D eigenvalue weighted by Crippen LogP contribution is -2.27. The first-order valence-electron chi connectivity index (χ1n) is 13.2. The first-order chi connectivity index (χ1) is 16.4. The molecule has 2 aliphatic carbocycles. The zero-order valence-corrected chi connectivity index (χ0v) is 20.6. The molecule has 0 heterocycles. The van der Waals surface area contributed by atoms with Crippen LogP contribution in [0.3, 0.4) is 0 Å². The third-order valence-corrected chi connectivity index (χ3v) is 8.32. The summed E-state index contributed by atoms with van der Waals surface area (Å²) in [6, 6.07) is 14.3. The molecule has 1 nitrogen and oxygen atoms in total. The predicted octanol–water partition coefficient (Wildman–Crippen LogP) is 9.48. The summed E-state index contributed by atoms with van der Waals surface area (Å²) in [5.41, 5.74) is 2.99. The van der Waals surface area contributed by atoms with E-state index in [1.165, 1.54) is 62.6 Å². The molecule has 186 valence electrons. The molecule has 2 saturated carbocycles.